The molecule has 0 spiro atoms. The van der Waals surface area contributed by atoms with Gasteiger partial charge in [0.25, 0.3) is 0 Å². The third kappa shape index (κ3) is 4.48. The second-order valence-corrected chi connectivity index (χ2v) is 6.23. The van der Waals surface area contributed by atoms with Crippen LogP contribution in [0.4, 0.5) is 0 Å². The van der Waals surface area contributed by atoms with Crippen molar-refractivity contribution in [2.45, 2.75) is 38.7 Å². The monoisotopic (exact) mass is 281 g/mol. The maximum atomic E-state index is 10.1. The normalized spacial score (nSPS) is 25.2. The lowest BCUT2D eigenvalue weighted by Crippen LogP contribution is -2.29. The van der Waals surface area contributed by atoms with Crippen LogP contribution in [0, 0.1) is 11.8 Å². The van der Waals surface area contributed by atoms with E-state index in [1.165, 1.54) is 25.7 Å². The molecule has 3 heteroatoms. The Morgan fingerprint density at radius 3 is 2.63 bits per heavy atom. The fraction of sp³-hybridized carbons (Fsp3) is 0.625. The molecule has 0 radical (unpaired) electrons. The highest BCUT2D eigenvalue weighted by atomic mass is 35.5. The molecule has 0 bridgehead atoms. The van der Waals surface area contributed by atoms with Crippen LogP contribution in [0.2, 0.25) is 5.02 Å². The zero-order valence-electron chi connectivity index (χ0n) is 11.6. The van der Waals surface area contributed by atoms with Gasteiger partial charge in [-0.15, -0.1) is 0 Å². The Hall–Kier alpha value is -0.570. The van der Waals surface area contributed by atoms with E-state index in [9.17, 15) is 5.11 Å². The molecule has 1 aromatic rings. The summed E-state index contributed by atoms with van der Waals surface area (Å²) >= 11 is 6.07. The lowest BCUT2D eigenvalue weighted by atomic mass is 9.83. The summed E-state index contributed by atoms with van der Waals surface area (Å²) in [5.41, 5.74) is 0.814. The van der Waals surface area contributed by atoms with E-state index < -0.39 is 6.10 Å². The lowest BCUT2D eigenvalue weighted by molar-refractivity contribution is 0.169. The summed E-state index contributed by atoms with van der Waals surface area (Å²) in [6.07, 6.45) is 4.81. The highest BCUT2D eigenvalue weighted by Gasteiger charge is 2.18. The van der Waals surface area contributed by atoms with Crippen LogP contribution in [-0.4, -0.2) is 18.2 Å². The minimum Gasteiger partial charge on any atom is -0.387 e. The van der Waals surface area contributed by atoms with Crippen molar-refractivity contribution in [1.29, 1.82) is 0 Å². The van der Waals surface area contributed by atoms with Crippen LogP contribution < -0.4 is 5.32 Å². The number of hydrogen-bond acceptors (Lipinski definition) is 2. The highest BCUT2D eigenvalue weighted by Crippen LogP contribution is 2.28. The molecule has 1 fully saturated rings. The molecule has 1 aliphatic carbocycles. The number of nitrogens with one attached hydrogen (secondary N) is 1. The van der Waals surface area contributed by atoms with Gasteiger partial charge in [0.15, 0.2) is 0 Å². The van der Waals surface area contributed by atoms with Crippen molar-refractivity contribution < 1.29 is 5.11 Å². The average molecular weight is 282 g/mol. The maximum absolute atomic E-state index is 10.1. The zero-order chi connectivity index (χ0) is 13.7. The second kappa shape index (κ2) is 7.28. The highest BCUT2D eigenvalue weighted by molar-refractivity contribution is 6.31. The Bertz CT molecular complexity index is 388. The third-order valence-corrected chi connectivity index (χ3v) is 4.51. The number of aliphatic hydroxyl groups is 1. The van der Waals surface area contributed by atoms with Crippen molar-refractivity contribution in [2.75, 3.05) is 13.1 Å². The fourth-order valence-electron chi connectivity index (χ4n) is 2.81. The number of halogens is 1. The molecule has 0 heterocycles. The Morgan fingerprint density at radius 1 is 1.26 bits per heavy atom. The maximum Gasteiger partial charge on any atom is 0.0928 e. The van der Waals surface area contributed by atoms with Gasteiger partial charge in [0.05, 0.1) is 6.10 Å². The Kier molecular flexibility index (Phi) is 5.68. The molecule has 2 rings (SSSR count). The van der Waals surface area contributed by atoms with Crippen molar-refractivity contribution in [3.63, 3.8) is 0 Å². The predicted octanol–water partition coefficient (Wildman–Crippen LogP) is 3.79. The van der Waals surface area contributed by atoms with Gasteiger partial charge in [0.2, 0.25) is 0 Å². The number of benzene rings is 1. The van der Waals surface area contributed by atoms with Crippen molar-refractivity contribution in [3.8, 4) is 0 Å². The number of aliphatic hydroxyl groups excluding tert-OH is 1. The van der Waals surface area contributed by atoms with Gasteiger partial charge in [-0.2, -0.15) is 0 Å². The average Bonchev–Trinajstić information content (AvgIpc) is 2.41. The summed E-state index contributed by atoms with van der Waals surface area (Å²) in [7, 11) is 0. The first-order valence-corrected chi connectivity index (χ1v) is 7.68. The topological polar surface area (TPSA) is 32.3 Å². The van der Waals surface area contributed by atoms with Gasteiger partial charge in [0, 0.05) is 17.1 Å². The standard InChI is InChI=1S/C16H24ClNO/c1-12-6-8-13(9-7-12)10-18-11-16(19)14-4-2-3-5-15(14)17/h2-5,12-13,16,18-19H,6-11H2,1H3. The summed E-state index contributed by atoms with van der Waals surface area (Å²) < 4.78 is 0. The van der Waals surface area contributed by atoms with E-state index in [1.54, 1.807) is 0 Å². The van der Waals surface area contributed by atoms with Crippen LogP contribution in [-0.2, 0) is 0 Å². The van der Waals surface area contributed by atoms with Crippen LogP contribution in [0.15, 0.2) is 24.3 Å². The smallest absolute Gasteiger partial charge is 0.0928 e. The van der Waals surface area contributed by atoms with E-state index in [1.807, 2.05) is 24.3 Å². The summed E-state index contributed by atoms with van der Waals surface area (Å²) in [6, 6.07) is 7.50. The van der Waals surface area contributed by atoms with E-state index in [0.29, 0.717) is 11.6 Å². The molecule has 0 aliphatic heterocycles. The fourth-order valence-corrected chi connectivity index (χ4v) is 3.07. The van der Waals surface area contributed by atoms with Gasteiger partial charge < -0.3 is 10.4 Å². The van der Waals surface area contributed by atoms with Crippen LogP contribution in [0.25, 0.3) is 0 Å². The molecule has 106 valence electrons. The van der Waals surface area contributed by atoms with Gasteiger partial charge >= 0.3 is 0 Å². The van der Waals surface area contributed by atoms with Crippen LogP contribution in [0.1, 0.15) is 44.3 Å². The molecule has 1 saturated carbocycles. The van der Waals surface area contributed by atoms with Crippen molar-refractivity contribution in [3.05, 3.63) is 34.9 Å². The van der Waals surface area contributed by atoms with E-state index in [0.717, 1.165) is 23.9 Å². The first-order valence-electron chi connectivity index (χ1n) is 7.30. The molecular weight excluding hydrogens is 258 g/mol. The molecule has 19 heavy (non-hydrogen) atoms. The molecule has 0 aromatic heterocycles. The van der Waals surface area contributed by atoms with Crippen LogP contribution in [0.5, 0.6) is 0 Å². The Morgan fingerprint density at radius 2 is 1.95 bits per heavy atom. The van der Waals surface area contributed by atoms with Crippen LogP contribution >= 0.6 is 11.6 Å². The molecule has 2 N–H and O–H groups in total. The van der Waals surface area contributed by atoms with Gasteiger partial charge in [-0.25, -0.2) is 0 Å². The molecule has 1 unspecified atom stereocenters. The van der Waals surface area contributed by atoms with E-state index in [4.69, 9.17) is 11.6 Å². The van der Waals surface area contributed by atoms with Gasteiger partial charge in [-0.1, -0.05) is 49.6 Å². The quantitative estimate of drug-likeness (QED) is 0.861. The van der Waals surface area contributed by atoms with E-state index in [2.05, 4.69) is 12.2 Å². The van der Waals surface area contributed by atoms with Crippen molar-refractivity contribution in [1.82, 2.24) is 5.32 Å². The summed E-state index contributed by atoms with van der Waals surface area (Å²) in [4.78, 5) is 0. The molecule has 0 amide bonds. The predicted molar refractivity (Wildman–Crippen MR) is 80.4 cm³/mol. The molecule has 1 aromatic carbocycles. The lowest BCUT2D eigenvalue weighted by Gasteiger charge is -2.26. The Balaban J connectivity index is 1.72. The Labute approximate surface area is 121 Å². The van der Waals surface area contributed by atoms with Crippen molar-refractivity contribution in [2.24, 2.45) is 11.8 Å². The third-order valence-electron chi connectivity index (χ3n) is 4.17. The largest absolute Gasteiger partial charge is 0.387 e. The first kappa shape index (κ1) is 14.8. The summed E-state index contributed by atoms with van der Waals surface area (Å²) in [6.45, 7) is 3.93. The minimum atomic E-state index is -0.517. The van der Waals surface area contributed by atoms with Crippen molar-refractivity contribution >= 4 is 11.6 Å². The summed E-state index contributed by atoms with van der Waals surface area (Å²) in [5.74, 6) is 1.67. The SMILES string of the molecule is CC1CCC(CNCC(O)c2ccccc2Cl)CC1. The molecular formula is C16H24ClNO. The van der Waals surface area contributed by atoms with E-state index >= 15 is 0 Å². The van der Waals surface area contributed by atoms with Gasteiger partial charge in [-0.3, -0.25) is 0 Å². The summed E-state index contributed by atoms with van der Waals surface area (Å²) in [5, 5.41) is 14.2. The van der Waals surface area contributed by atoms with Crippen LogP contribution in [0.3, 0.4) is 0 Å². The molecule has 0 saturated heterocycles. The minimum absolute atomic E-state index is 0.517. The van der Waals surface area contributed by atoms with E-state index in [-0.39, 0.29) is 0 Å². The number of rotatable bonds is 5. The van der Waals surface area contributed by atoms with Gasteiger partial charge in [-0.05, 0) is 37.3 Å². The molecule has 1 atom stereocenters. The zero-order valence-corrected chi connectivity index (χ0v) is 12.4. The second-order valence-electron chi connectivity index (χ2n) is 5.82. The van der Waals surface area contributed by atoms with Gasteiger partial charge in [0.1, 0.15) is 0 Å². The number of hydrogen-bond donors (Lipinski definition) is 2. The molecule has 2 nitrogen and oxygen atoms in total. The molecule has 1 aliphatic rings. The first-order chi connectivity index (χ1) is 9.16.